The Balaban J connectivity index is 1.60. The van der Waals surface area contributed by atoms with Crippen molar-refractivity contribution >= 4 is 33.3 Å². The molecule has 114 valence electrons. The SMILES string of the molecule is CCNC(CSC1CCCC1)Cc1nc2ccccc2s1. The van der Waals surface area contributed by atoms with Gasteiger partial charge in [0, 0.05) is 23.5 Å². The summed E-state index contributed by atoms with van der Waals surface area (Å²) < 4.78 is 1.31. The zero-order valence-electron chi connectivity index (χ0n) is 12.7. The van der Waals surface area contributed by atoms with Crippen molar-refractivity contribution in [2.75, 3.05) is 12.3 Å². The summed E-state index contributed by atoms with van der Waals surface area (Å²) in [6.45, 7) is 3.24. The molecule has 1 aliphatic rings. The molecule has 1 saturated carbocycles. The molecule has 1 unspecified atom stereocenters. The van der Waals surface area contributed by atoms with Crippen molar-refractivity contribution in [1.29, 1.82) is 0 Å². The maximum Gasteiger partial charge on any atom is 0.0954 e. The Morgan fingerprint density at radius 2 is 2.14 bits per heavy atom. The maximum absolute atomic E-state index is 4.78. The second kappa shape index (κ2) is 7.61. The first kappa shape index (κ1) is 15.3. The van der Waals surface area contributed by atoms with E-state index in [-0.39, 0.29) is 0 Å². The topological polar surface area (TPSA) is 24.9 Å². The zero-order valence-corrected chi connectivity index (χ0v) is 14.3. The van der Waals surface area contributed by atoms with Crippen molar-refractivity contribution in [3.05, 3.63) is 29.3 Å². The van der Waals surface area contributed by atoms with Crippen molar-refractivity contribution in [1.82, 2.24) is 10.3 Å². The maximum atomic E-state index is 4.78. The summed E-state index contributed by atoms with van der Waals surface area (Å²) in [5.74, 6) is 1.22. The Hall–Kier alpha value is -0.580. The molecule has 1 aliphatic carbocycles. The number of nitrogens with zero attached hydrogens (tertiary/aromatic N) is 1. The number of hydrogen-bond donors (Lipinski definition) is 1. The summed E-state index contributed by atoms with van der Waals surface area (Å²) in [6, 6.07) is 9.02. The predicted molar refractivity (Wildman–Crippen MR) is 95.5 cm³/mol. The van der Waals surface area contributed by atoms with Crippen molar-refractivity contribution in [2.24, 2.45) is 0 Å². The summed E-state index contributed by atoms with van der Waals surface area (Å²) in [7, 11) is 0. The van der Waals surface area contributed by atoms with Gasteiger partial charge < -0.3 is 5.32 Å². The van der Waals surface area contributed by atoms with Crippen molar-refractivity contribution < 1.29 is 0 Å². The fourth-order valence-corrected chi connectivity index (χ4v) is 5.46. The van der Waals surface area contributed by atoms with E-state index in [1.165, 1.54) is 41.1 Å². The van der Waals surface area contributed by atoms with E-state index in [0.29, 0.717) is 6.04 Å². The van der Waals surface area contributed by atoms with E-state index in [2.05, 4.69) is 48.3 Å². The number of nitrogens with one attached hydrogen (secondary N) is 1. The number of thiazole rings is 1. The van der Waals surface area contributed by atoms with Gasteiger partial charge in [-0.05, 0) is 31.5 Å². The van der Waals surface area contributed by atoms with E-state index >= 15 is 0 Å². The Kier molecular flexibility index (Phi) is 5.55. The summed E-state index contributed by atoms with van der Waals surface area (Å²) in [4.78, 5) is 4.78. The molecule has 0 radical (unpaired) electrons. The van der Waals surface area contributed by atoms with Gasteiger partial charge in [0.25, 0.3) is 0 Å². The summed E-state index contributed by atoms with van der Waals surface area (Å²) in [5.41, 5.74) is 1.15. The van der Waals surface area contributed by atoms with Crippen LogP contribution < -0.4 is 5.32 Å². The molecule has 3 rings (SSSR count). The highest BCUT2D eigenvalue weighted by Crippen LogP contribution is 2.30. The zero-order chi connectivity index (χ0) is 14.5. The number of para-hydroxylation sites is 1. The molecule has 1 fully saturated rings. The van der Waals surface area contributed by atoms with E-state index < -0.39 is 0 Å². The van der Waals surface area contributed by atoms with Gasteiger partial charge in [0.2, 0.25) is 0 Å². The molecule has 21 heavy (non-hydrogen) atoms. The van der Waals surface area contributed by atoms with Gasteiger partial charge in [-0.2, -0.15) is 11.8 Å². The Morgan fingerprint density at radius 1 is 1.33 bits per heavy atom. The first-order valence-electron chi connectivity index (χ1n) is 8.04. The van der Waals surface area contributed by atoms with Crippen molar-refractivity contribution in [2.45, 2.75) is 50.3 Å². The van der Waals surface area contributed by atoms with Gasteiger partial charge >= 0.3 is 0 Å². The van der Waals surface area contributed by atoms with E-state index in [9.17, 15) is 0 Å². The van der Waals surface area contributed by atoms with Crippen LogP contribution in [0.25, 0.3) is 10.2 Å². The number of fused-ring (bicyclic) bond motifs is 1. The normalized spacial score (nSPS) is 17.6. The molecule has 1 heterocycles. The van der Waals surface area contributed by atoms with Gasteiger partial charge in [-0.3, -0.25) is 0 Å². The van der Waals surface area contributed by atoms with Crippen LogP contribution in [0.2, 0.25) is 0 Å². The molecule has 1 atom stereocenters. The average molecular weight is 321 g/mol. The minimum Gasteiger partial charge on any atom is -0.313 e. The largest absolute Gasteiger partial charge is 0.313 e. The smallest absolute Gasteiger partial charge is 0.0954 e. The molecule has 2 aromatic rings. The minimum atomic E-state index is 0.557. The monoisotopic (exact) mass is 320 g/mol. The first-order valence-corrected chi connectivity index (χ1v) is 9.91. The summed E-state index contributed by atoms with van der Waals surface area (Å²) in [6.07, 6.45) is 6.77. The molecule has 1 aromatic carbocycles. The highest BCUT2D eigenvalue weighted by molar-refractivity contribution is 7.99. The molecule has 4 heteroatoms. The first-order chi connectivity index (χ1) is 10.3. The lowest BCUT2D eigenvalue weighted by molar-refractivity contribution is 0.571. The molecular formula is C17H24N2S2. The standard InChI is InChI=1S/C17H24N2S2/c1-2-18-13(12-20-14-7-3-4-8-14)11-17-19-15-9-5-6-10-16(15)21-17/h5-6,9-10,13-14,18H,2-4,7-8,11-12H2,1H3. The second-order valence-electron chi connectivity index (χ2n) is 5.77. The molecular weight excluding hydrogens is 296 g/mol. The molecule has 0 aliphatic heterocycles. The number of hydrogen-bond acceptors (Lipinski definition) is 4. The number of thioether (sulfide) groups is 1. The van der Waals surface area contributed by atoms with Gasteiger partial charge in [0.15, 0.2) is 0 Å². The average Bonchev–Trinajstić information content (AvgIpc) is 3.13. The Bertz CT molecular complexity index is 528. The lowest BCUT2D eigenvalue weighted by Gasteiger charge is -2.18. The van der Waals surface area contributed by atoms with Crippen LogP contribution in [0, 0.1) is 0 Å². The third-order valence-electron chi connectivity index (χ3n) is 4.09. The molecule has 0 amide bonds. The lowest BCUT2D eigenvalue weighted by atomic mass is 10.2. The lowest BCUT2D eigenvalue weighted by Crippen LogP contribution is -2.33. The van der Waals surface area contributed by atoms with Crippen LogP contribution in [0.15, 0.2) is 24.3 Å². The molecule has 1 aromatic heterocycles. The van der Waals surface area contributed by atoms with Crippen LogP contribution in [0.4, 0.5) is 0 Å². The van der Waals surface area contributed by atoms with E-state index in [1.54, 1.807) is 0 Å². The third kappa shape index (κ3) is 4.21. The van der Waals surface area contributed by atoms with E-state index in [0.717, 1.165) is 23.7 Å². The Morgan fingerprint density at radius 3 is 2.90 bits per heavy atom. The van der Waals surface area contributed by atoms with Gasteiger partial charge in [0.05, 0.1) is 15.2 Å². The Labute approximate surface area is 135 Å². The number of benzene rings is 1. The molecule has 0 saturated heterocycles. The van der Waals surface area contributed by atoms with Crippen LogP contribution in [0.1, 0.15) is 37.6 Å². The molecule has 0 bridgehead atoms. The quantitative estimate of drug-likeness (QED) is 0.813. The van der Waals surface area contributed by atoms with E-state index in [1.807, 2.05) is 11.3 Å². The highest BCUT2D eigenvalue weighted by atomic mass is 32.2. The summed E-state index contributed by atoms with van der Waals surface area (Å²) in [5, 5.41) is 5.82. The van der Waals surface area contributed by atoms with Crippen LogP contribution in [0.3, 0.4) is 0 Å². The highest BCUT2D eigenvalue weighted by Gasteiger charge is 2.18. The van der Waals surface area contributed by atoms with Gasteiger partial charge in [0.1, 0.15) is 0 Å². The molecule has 0 spiro atoms. The fourth-order valence-electron chi connectivity index (χ4n) is 3.00. The van der Waals surface area contributed by atoms with E-state index in [4.69, 9.17) is 4.98 Å². The van der Waals surface area contributed by atoms with Crippen LogP contribution in [-0.2, 0) is 6.42 Å². The van der Waals surface area contributed by atoms with Gasteiger partial charge in [-0.15, -0.1) is 11.3 Å². The second-order valence-corrected chi connectivity index (χ2v) is 8.22. The predicted octanol–water partition coefficient (Wildman–Crippen LogP) is 4.49. The van der Waals surface area contributed by atoms with Crippen molar-refractivity contribution in [3.8, 4) is 0 Å². The third-order valence-corrected chi connectivity index (χ3v) is 6.68. The van der Waals surface area contributed by atoms with Gasteiger partial charge in [-0.1, -0.05) is 31.9 Å². The number of aromatic nitrogens is 1. The van der Waals surface area contributed by atoms with Crippen molar-refractivity contribution in [3.63, 3.8) is 0 Å². The van der Waals surface area contributed by atoms with Crippen LogP contribution >= 0.6 is 23.1 Å². The number of rotatable bonds is 7. The molecule has 1 N–H and O–H groups in total. The fraction of sp³-hybridized carbons (Fsp3) is 0.588. The van der Waals surface area contributed by atoms with Crippen LogP contribution in [0.5, 0.6) is 0 Å². The summed E-state index contributed by atoms with van der Waals surface area (Å²) >= 11 is 4.02. The number of likely N-dealkylation sites (N-methyl/N-ethyl adjacent to an activating group) is 1. The van der Waals surface area contributed by atoms with Crippen LogP contribution in [-0.4, -0.2) is 28.6 Å². The van der Waals surface area contributed by atoms with Gasteiger partial charge in [-0.25, -0.2) is 4.98 Å². The minimum absolute atomic E-state index is 0.557. The molecule has 2 nitrogen and oxygen atoms in total.